The van der Waals surface area contributed by atoms with Crippen molar-refractivity contribution in [3.05, 3.63) is 0 Å². The summed E-state index contributed by atoms with van der Waals surface area (Å²) in [6.45, 7) is 14.2. The molecule has 10 nitrogen and oxygen atoms in total. The number of hydrogen-bond donors (Lipinski definition) is 0. The molecule has 0 radical (unpaired) electrons. The number of nitrogens with zero attached hydrogens (tertiary/aromatic N) is 2. The molecular formula is C22H36N2O8. The van der Waals surface area contributed by atoms with Gasteiger partial charge in [-0.3, -0.25) is 14.5 Å². The Hall–Kier alpha value is -1.75. The van der Waals surface area contributed by atoms with E-state index in [0.717, 1.165) is 0 Å². The second kappa shape index (κ2) is 8.23. The first-order valence-corrected chi connectivity index (χ1v) is 10.9. The van der Waals surface area contributed by atoms with Crippen LogP contribution in [0.1, 0.15) is 61.8 Å². The number of amides is 3. The zero-order valence-electron chi connectivity index (χ0n) is 20.5. The first-order chi connectivity index (χ1) is 14.5. The minimum Gasteiger partial charge on any atom is -0.460 e. The number of urea groups is 1. The number of methoxy groups -OCH3 is 1. The molecule has 3 heterocycles. The molecule has 0 aromatic heterocycles. The van der Waals surface area contributed by atoms with Crippen LogP contribution in [0.25, 0.3) is 0 Å². The number of fused-ring (bicyclic) bond motifs is 1. The highest BCUT2D eigenvalue weighted by Crippen LogP contribution is 2.40. The molecule has 182 valence electrons. The minimum absolute atomic E-state index is 0.0467. The maximum Gasteiger partial charge on any atom is 0.328 e. The van der Waals surface area contributed by atoms with Crippen molar-refractivity contribution in [2.24, 2.45) is 0 Å². The fraction of sp³-hybridized carbons (Fsp3) is 0.864. The highest BCUT2D eigenvalue weighted by atomic mass is 16.8. The SMILES string of the molecule is CO[C@@H]1O[C@H](CN2C(=O)N(C(C)(C)C)C(=O)C2CC(=O)OC(C)(C)C)[C@H]2OC(C)(C)O[C@@H]12. The third-order valence-corrected chi connectivity index (χ3v) is 5.49. The van der Waals surface area contributed by atoms with E-state index in [1.54, 1.807) is 55.4 Å². The van der Waals surface area contributed by atoms with Gasteiger partial charge in [0.05, 0.1) is 13.0 Å². The molecule has 0 saturated carbocycles. The molecule has 3 saturated heterocycles. The van der Waals surface area contributed by atoms with Crippen LogP contribution in [0, 0.1) is 0 Å². The van der Waals surface area contributed by atoms with E-state index in [0.29, 0.717) is 0 Å². The van der Waals surface area contributed by atoms with Gasteiger partial charge in [0.2, 0.25) is 0 Å². The van der Waals surface area contributed by atoms with Gasteiger partial charge in [-0.1, -0.05) is 0 Å². The van der Waals surface area contributed by atoms with E-state index in [1.807, 2.05) is 0 Å². The van der Waals surface area contributed by atoms with Gasteiger partial charge in [-0.15, -0.1) is 0 Å². The molecule has 3 aliphatic heterocycles. The van der Waals surface area contributed by atoms with Crippen LogP contribution in [-0.4, -0.2) is 88.9 Å². The molecule has 0 N–H and O–H groups in total. The molecule has 3 rings (SSSR count). The largest absolute Gasteiger partial charge is 0.460 e. The third-order valence-electron chi connectivity index (χ3n) is 5.49. The molecule has 0 spiro atoms. The standard InChI is InChI=1S/C22H36N2O8/c1-20(2,3)24-17(26)12(10-14(25)30-21(4,5)6)23(19(24)27)11-13-15-16(18(28-9)29-13)32-22(7,8)31-15/h12-13,15-16,18H,10-11H2,1-9H3/t12?,13-,15-,16-,18-/m1/s1. The number of ether oxygens (including phenoxy) is 5. The summed E-state index contributed by atoms with van der Waals surface area (Å²) in [5, 5.41) is 0. The fourth-order valence-electron chi connectivity index (χ4n) is 4.37. The summed E-state index contributed by atoms with van der Waals surface area (Å²) in [5.41, 5.74) is -1.45. The van der Waals surface area contributed by atoms with E-state index in [2.05, 4.69) is 0 Å². The van der Waals surface area contributed by atoms with E-state index in [-0.39, 0.29) is 13.0 Å². The molecule has 3 fully saturated rings. The number of carbonyl (C=O) groups excluding carboxylic acids is 3. The zero-order chi connectivity index (χ0) is 24.2. The van der Waals surface area contributed by atoms with Crippen molar-refractivity contribution in [1.82, 2.24) is 9.80 Å². The van der Waals surface area contributed by atoms with E-state index in [1.165, 1.54) is 16.9 Å². The Morgan fingerprint density at radius 1 is 1.06 bits per heavy atom. The van der Waals surface area contributed by atoms with E-state index in [9.17, 15) is 14.4 Å². The van der Waals surface area contributed by atoms with Crippen LogP contribution >= 0.6 is 0 Å². The normalized spacial score (nSPS) is 32.6. The van der Waals surface area contributed by atoms with Crippen molar-refractivity contribution < 1.29 is 38.1 Å². The second-order valence-corrected chi connectivity index (χ2v) is 10.9. The predicted octanol–water partition coefficient (Wildman–Crippen LogP) is 2.04. The highest BCUT2D eigenvalue weighted by Gasteiger charge is 2.58. The summed E-state index contributed by atoms with van der Waals surface area (Å²) < 4.78 is 28.7. The predicted molar refractivity (Wildman–Crippen MR) is 112 cm³/mol. The molecule has 3 amide bonds. The maximum atomic E-state index is 13.3. The second-order valence-electron chi connectivity index (χ2n) is 10.9. The average Bonchev–Trinajstić information content (AvgIpc) is 3.15. The van der Waals surface area contributed by atoms with Crippen LogP contribution in [0.15, 0.2) is 0 Å². The van der Waals surface area contributed by atoms with Crippen molar-refractivity contribution >= 4 is 17.9 Å². The lowest BCUT2D eigenvalue weighted by molar-refractivity contribution is -0.228. The average molecular weight is 457 g/mol. The van der Waals surface area contributed by atoms with Gasteiger partial charge in [0.1, 0.15) is 30.0 Å². The van der Waals surface area contributed by atoms with E-state index in [4.69, 9.17) is 23.7 Å². The molecule has 1 unspecified atom stereocenters. The van der Waals surface area contributed by atoms with Crippen LogP contribution in [0.2, 0.25) is 0 Å². The summed E-state index contributed by atoms with van der Waals surface area (Å²) in [6.07, 6.45) is -2.45. The monoisotopic (exact) mass is 456 g/mol. The van der Waals surface area contributed by atoms with Crippen molar-refractivity contribution in [1.29, 1.82) is 0 Å². The zero-order valence-corrected chi connectivity index (χ0v) is 20.5. The minimum atomic E-state index is -0.990. The number of carbonyl (C=O) groups is 3. The first kappa shape index (κ1) is 24.9. The van der Waals surface area contributed by atoms with Crippen LogP contribution in [0.3, 0.4) is 0 Å². The molecule has 10 heteroatoms. The van der Waals surface area contributed by atoms with Gasteiger partial charge >= 0.3 is 12.0 Å². The Labute approximate surface area is 189 Å². The first-order valence-electron chi connectivity index (χ1n) is 10.9. The molecule has 0 aromatic carbocycles. The lowest BCUT2D eigenvalue weighted by Crippen LogP contribution is -2.48. The summed E-state index contributed by atoms with van der Waals surface area (Å²) >= 11 is 0. The number of esters is 1. The topological polar surface area (TPSA) is 104 Å². The Morgan fingerprint density at radius 2 is 1.66 bits per heavy atom. The lowest BCUT2D eigenvalue weighted by atomic mass is 10.1. The van der Waals surface area contributed by atoms with E-state index < -0.39 is 65.5 Å². The molecule has 0 aliphatic carbocycles. The third kappa shape index (κ3) is 4.93. The van der Waals surface area contributed by atoms with Gasteiger partial charge < -0.3 is 28.6 Å². The summed E-state index contributed by atoms with van der Waals surface area (Å²) in [6, 6.07) is -1.47. The Bertz CT molecular complexity index is 769. The van der Waals surface area contributed by atoms with Crippen molar-refractivity contribution in [3.8, 4) is 0 Å². The van der Waals surface area contributed by atoms with Crippen molar-refractivity contribution in [3.63, 3.8) is 0 Å². The smallest absolute Gasteiger partial charge is 0.328 e. The Morgan fingerprint density at radius 3 is 2.19 bits per heavy atom. The van der Waals surface area contributed by atoms with Gasteiger partial charge in [0.15, 0.2) is 12.1 Å². The quantitative estimate of drug-likeness (QED) is 0.457. The Kier molecular flexibility index (Phi) is 6.40. The molecular weight excluding hydrogens is 420 g/mol. The van der Waals surface area contributed by atoms with Gasteiger partial charge in [-0.25, -0.2) is 4.79 Å². The Balaban J connectivity index is 1.85. The molecule has 5 atom stereocenters. The lowest BCUT2D eigenvalue weighted by Gasteiger charge is -2.30. The van der Waals surface area contributed by atoms with Crippen LogP contribution in [0.4, 0.5) is 4.79 Å². The van der Waals surface area contributed by atoms with Gasteiger partial charge in [-0.05, 0) is 55.4 Å². The number of imide groups is 1. The van der Waals surface area contributed by atoms with Crippen LogP contribution in [0.5, 0.6) is 0 Å². The summed E-state index contributed by atoms with van der Waals surface area (Å²) in [5.74, 6) is -1.81. The summed E-state index contributed by atoms with van der Waals surface area (Å²) in [7, 11) is 1.51. The molecule has 3 aliphatic rings. The molecule has 32 heavy (non-hydrogen) atoms. The maximum absolute atomic E-state index is 13.3. The van der Waals surface area contributed by atoms with Gasteiger partial charge in [0, 0.05) is 12.6 Å². The van der Waals surface area contributed by atoms with Crippen LogP contribution in [-0.2, 0) is 33.3 Å². The molecule has 0 aromatic rings. The van der Waals surface area contributed by atoms with E-state index >= 15 is 0 Å². The van der Waals surface area contributed by atoms with Crippen LogP contribution < -0.4 is 0 Å². The fourth-order valence-corrected chi connectivity index (χ4v) is 4.37. The van der Waals surface area contributed by atoms with Crippen molar-refractivity contribution in [2.45, 2.75) is 109 Å². The highest BCUT2D eigenvalue weighted by molar-refractivity contribution is 6.06. The molecule has 0 bridgehead atoms. The number of hydrogen-bond acceptors (Lipinski definition) is 8. The number of rotatable bonds is 5. The van der Waals surface area contributed by atoms with Crippen molar-refractivity contribution in [2.75, 3.05) is 13.7 Å². The van der Waals surface area contributed by atoms with Gasteiger partial charge in [0.25, 0.3) is 5.91 Å². The summed E-state index contributed by atoms with van der Waals surface area (Å²) in [4.78, 5) is 41.7. The van der Waals surface area contributed by atoms with Gasteiger partial charge in [-0.2, -0.15) is 0 Å².